The highest BCUT2D eigenvalue weighted by atomic mass is 16.4. The van der Waals surface area contributed by atoms with E-state index in [9.17, 15) is 9.90 Å². The lowest BCUT2D eigenvalue weighted by atomic mass is 10.1. The molecule has 0 heterocycles. The monoisotopic (exact) mass is 257 g/mol. The van der Waals surface area contributed by atoms with E-state index in [0.717, 1.165) is 10.8 Å². The topological polar surface area (TPSA) is 98.7 Å². The number of hydrogen-bond donors (Lipinski definition) is 2. The lowest BCUT2D eigenvalue weighted by Crippen LogP contribution is -2.36. The van der Waals surface area contributed by atoms with Crippen LogP contribution in [0.25, 0.3) is 10.8 Å². The van der Waals surface area contributed by atoms with Crippen molar-refractivity contribution in [1.82, 2.24) is 0 Å². The first-order valence-corrected chi connectivity index (χ1v) is 5.78. The third kappa shape index (κ3) is 3.29. The average Bonchev–Trinajstić information content (AvgIpc) is 2.38. The molecule has 2 aromatic carbocycles. The van der Waals surface area contributed by atoms with Crippen LogP contribution in [0.1, 0.15) is 6.42 Å². The van der Waals surface area contributed by atoms with E-state index in [2.05, 4.69) is 4.99 Å². The number of benzene rings is 2. The number of aliphatic carboxylic acids is 1. The lowest BCUT2D eigenvalue weighted by Gasteiger charge is -2.13. The molecule has 0 aliphatic heterocycles. The molecule has 5 nitrogen and oxygen atoms in total. The highest BCUT2D eigenvalue weighted by molar-refractivity contribution is 5.87. The summed E-state index contributed by atoms with van der Waals surface area (Å²) in [7, 11) is 0. The minimum absolute atomic E-state index is 0.303. The number of hydrogen-bond acceptors (Lipinski definition) is 4. The van der Waals surface area contributed by atoms with Gasteiger partial charge in [0.05, 0.1) is 5.69 Å². The molecule has 0 spiro atoms. The minimum Gasteiger partial charge on any atom is -0.862 e. The summed E-state index contributed by atoms with van der Waals surface area (Å²) in [5.74, 6) is -1.74. The minimum atomic E-state index is -1.21. The van der Waals surface area contributed by atoms with E-state index in [1.165, 1.54) is 0 Å². The molecular weight excluding hydrogens is 244 g/mol. The summed E-state index contributed by atoms with van der Waals surface area (Å²) < 4.78 is 0. The van der Waals surface area contributed by atoms with Crippen LogP contribution in [0.15, 0.2) is 47.5 Å². The average molecular weight is 257 g/mol. The zero-order valence-electron chi connectivity index (χ0n) is 10.1. The molecule has 0 amide bonds. The third-order valence-electron chi connectivity index (χ3n) is 2.70. The Bertz CT molecular complexity index is 637. The molecule has 0 saturated carbocycles. The van der Waals surface area contributed by atoms with Gasteiger partial charge in [-0.2, -0.15) is 0 Å². The molecule has 5 heteroatoms. The van der Waals surface area contributed by atoms with Crippen LogP contribution in [0.2, 0.25) is 0 Å². The van der Waals surface area contributed by atoms with Gasteiger partial charge in [0.2, 0.25) is 0 Å². The molecule has 3 N–H and O–H groups in total. The molecule has 0 aliphatic rings. The number of rotatable bonds is 4. The molecule has 2 rings (SSSR count). The Morgan fingerprint density at radius 1 is 1.26 bits per heavy atom. The van der Waals surface area contributed by atoms with Gasteiger partial charge in [0, 0.05) is 6.42 Å². The van der Waals surface area contributed by atoms with Gasteiger partial charge in [-0.05, 0) is 28.8 Å². The van der Waals surface area contributed by atoms with Crippen LogP contribution >= 0.6 is 0 Å². The van der Waals surface area contributed by atoms with Crippen LogP contribution in [0.5, 0.6) is 0 Å². The van der Waals surface area contributed by atoms with Crippen molar-refractivity contribution in [2.45, 2.75) is 12.5 Å². The maximum absolute atomic E-state index is 11.6. The standard InChI is InChI=1S/C14H14N2O3/c15-12(14(18)19)8-13(17)16-11-6-5-9-3-1-2-4-10(9)7-11/h1-7,12H,8,15H2,(H,16,17)(H,18,19)/p-1/t12-/m0/s1. The Kier molecular flexibility index (Phi) is 3.77. The summed E-state index contributed by atoms with van der Waals surface area (Å²) >= 11 is 0. The van der Waals surface area contributed by atoms with Crippen molar-refractivity contribution in [3.05, 3.63) is 42.5 Å². The second-order valence-corrected chi connectivity index (χ2v) is 4.19. The Morgan fingerprint density at radius 2 is 1.95 bits per heavy atom. The first-order chi connectivity index (χ1) is 9.06. The van der Waals surface area contributed by atoms with Crippen LogP contribution in [-0.2, 0) is 4.79 Å². The van der Waals surface area contributed by atoms with E-state index >= 15 is 0 Å². The Balaban J connectivity index is 2.22. The molecule has 0 saturated heterocycles. The summed E-state index contributed by atoms with van der Waals surface area (Å²) in [5.41, 5.74) is 5.78. The van der Waals surface area contributed by atoms with Gasteiger partial charge in [0.15, 0.2) is 0 Å². The van der Waals surface area contributed by atoms with Crippen LogP contribution in [0.4, 0.5) is 5.69 Å². The SMILES string of the molecule is N[C@@H](CC([O-])=Nc1ccc2ccccc2c1)C(=O)O. The normalized spacial score (nSPS) is 13.4. The zero-order chi connectivity index (χ0) is 13.8. The molecular formula is C14H13N2O3-. The number of aliphatic imine (C=N–C) groups is 1. The van der Waals surface area contributed by atoms with Crippen molar-refractivity contribution in [3.63, 3.8) is 0 Å². The molecule has 0 aliphatic carbocycles. The molecule has 19 heavy (non-hydrogen) atoms. The van der Waals surface area contributed by atoms with E-state index in [1.54, 1.807) is 12.1 Å². The van der Waals surface area contributed by atoms with Crippen molar-refractivity contribution in [1.29, 1.82) is 0 Å². The van der Waals surface area contributed by atoms with Crippen LogP contribution in [0, 0.1) is 0 Å². The molecule has 1 atom stereocenters. The highest BCUT2D eigenvalue weighted by Gasteiger charge is 2.10. The fourth-order valence-electron chi connectivity index (χ4n) is 1.71. The van der Waals surface area contributed by atoms with Crippen LogP contribution in [-0.4, -0.2) is 23.0 Å². The first-order valence-electron chi connectivity index (χ1n) is 5.78. The molecule has 2 aromatic rings. The summed E-state index contributed by atoms with van der Waals surface area (Å²) in [6, 6.07) is 11.8. The summed E-state index contributed by atoms with van der Waals surface area (Å²) in [5, 5.41) is 22.2. The van der Waals surface area contributed by atoms with Crippen molar-refractivity contribution < 1.29 is 15.0 Å². The fourth-order valence-corrected chi connectivity index (χ4v) is 1.71. The van der Waals surface area contributed by atoms with Gasteiger partial charge in [0.1, 0.15) is 6.04 Å². The maximum atomic E-state index is 11.6. The Hall–Kier alpha value is -2.40. The van der Waals surface area contributed by atoms with Crippen molar-refractivity contribution in [3.8, 4) is 0 Å². The van der Waals surface area contributed by atoms with Gasteiger partial charge in [-0.1, -0.05) is 30.3 Å². The number of nitrogens with two attached hydrogens (primary N) is 1. The maximum Gasteiger partial charge on any atom is 0.320 e. The third-order valence-corrected chi connectivity index (χ3v) is 2.70. The van der Waals surface area contributed by atoms with Gasteiger partial charge in [-0.25, -0.2) is 0 Å². The zero-order valence-corrected chi connectivity index (χ0v) is 10.1. The molecule has 0 aromatic heterocycles. The van der Waals surface area contributed by atoms with E-state index in [4.69, 9.17) is 10.8 Å². The van der Waals surface area contributed by atoms with Gasteiger partial charge in [-0.3, -0.25) is 9.79 Å². The van der Waals surface area contributed by atoms with Gasteiger partial charge in [0.25, 0.3) is 0 Å². The van der Waals surface area contributed by atoms with Crippen LogP contribution < -0.4 is 10.8 Å². The summed E-state index contributed by atoms with van der Waals surface area (Å²) in [6.45, 7) is 0. The predicted molar refractivity (Wildman–Crippen MR) is 71.3 cm³/mol. The fraction of sp³-hybridized carbons (Fsp3) is 0.143. The van der Waals surface area contributed by atoms with Crippen molar-refractivity contribution in [2.75, 3.05) is 0 Å². The lowest BCUT2D eigenvalue weighted by molar-refractivity contribution is -0.219. The van der Waals surface area contributed by atoms with Crippen molar-refractivity contribution in [2.24, 2.45) is 10.7 Å². The Morgan fingerprint density at radius 3 is 2.63 bits per heavy atom. The predicted octanol–water partition coefficient (Wildman–Crippen LogP) is 1.03. The molecule has 0 fully saturated rings. The molecule has 0 bridgehead atoms. The molecule has 0 unspecified atom stereocenters. The summed E-state index contributed by atoms with van der Waals surface area (Å²) in [6.07, 6.45) is -0.303. The number of carboxylic acids is 1. The molecule has 0 radical (unpaired) electrons. The number of fused-ring (bicyclic) bond motifs is 1. The smallest absolute Gasteiger partial charge is 0.320 e. The summed E-state index contributed by atoms with van der Waals surface area (Å²) in [4.78, 5) is 14.4. The second-order valence-electron chi connectivity index (χ2n) is 4.19. The number of carboxylic acid groups (broad SMARTS) is 1. The largest absolute Gasteiger partial charge is 0.862 e. The van der Waals surface area contributed by atoms with Crippen LogP contribution in [0.3, 0.4) is 0 Å². The van der Waals surface area contributed by atoms with E-state index in [0.29, 0.717) is 5.69 Å². The first kappa shape index (κ1) is 13.0. The van der Waals surface area contributed by atoms with Gasteiger partial charge >= 0.3 is 5.97 Å². The van der Waals surface area contributed by atoms with E-state index in [1.807, 2.05) is 30.3 Å². The van der Waals surface area contributed by atoms with Crippen molar-refractivity contribution >= 4 is 28.3 Å². The quantitative estimate of drug-likeness (QED) is 0.631. The second kappa shape index (κ2) is 5.49. The number of carbonyl (C=O) groups is 1. The Labute approximate surface area is 110 Å². The number of nitrogens with zero attached hydrogens (tertiary/aromatic N) is 1. The van der Waals surface area contributed by atoms with E-state index < -0.39 is 17.9 Å². The molecule has 98 valence electrons. The highest BCUT2D eigenvalue weighted by Crippen LogP contribution is 2.21. The van der Waals surface area contributed by atoms with Gasteiger partial charge < -0.3 is 15.9 Å². The van der Waals surface area contributed by atoms with Gasteiger partial charge in [-0.15, -0.1) is 0 Å². The van der Waals surface area contributed by atoms with E-state index in [-0.39, 0.29) is 6.42 Å².